The molecule has 5 heterocycles. The zero-order chi connectivity index (χ0) is 83.1. The van der Waals surface area contributed by atoms with Crippen molar-refractivity contribution < 1.29 is 22.8 Å². The van der Waals surface area contributed by atoms with Crippen LogP contribution in [0.1, 0.15) is 76.4 Å². The molecule has 5 heteroatoms. The van der Waals surface area contributed by atoms with Gasteiger partial charge in [-0.2, -0.15) is 0 Å². The van der Waals surface area contributed by atoms with Gasteiger partial charge in [-0.05, 0) is 239 Å². The van der Waals surface area contributed by atoms with E-state index in [1.165, 1.54) is 220 Å². The SMILES string of the molecule is Cc1cc(-c2c(C)ccc3c2ccc2ccccc23)[n+](C)cc1C.Cc1cc[n+](C)c(-c2c(C)ccc3c2ccc2ccccc23)c1.Cc1ccc(-c2c(C)ccc3c2ccc2ccccc23)[n+](C)c1.Cc1ccc2c(ccc3ccccc32)c1-c1cc(CC(C)(C)C)cc[n+]1C.Cc1ccc2c(ccc3ccccc32)c1-c1cccc[n+]1C. The van der Waals surface area contributed by atoms with Crippen LogP contribution in [-0.2, 0) is 41.7 Å². The maximum absolute atomic E-state index is 2.38. The monoisotopic (exact) mass is 1550 g/mol. The molecule has 0 radical (unpaired) electrons. The summed E-state index contributed by atoms with van der Waals surface area (Å²) in [7, 11) is 10.6. The Kier molecular flexibility index (Phi) is 22.3. The second-order valence-electron chi connectivity index (χ2n) is 34.2. The first-order chi connectivity index (χ1) is 57.4. The van der Waals surface area contributed by atoms with Gasteiger partial charge in [0, 0.05) is 59.7 Å². The lowest BCUT2D eigenvalue weighted by molar-refractivity contribution is -0.660. The Morgan fingerprint density at radius 3 is 0.866 bits per heavy atom. The van der Waals surface area contributed by atoms with E-state index in [0.717, 1.165) is 6.42 Å². The second-order valence-corrected chi connectivity index (χ2v) is 34.2. The summed E-state index contributed by atoms with van der Waals surface area (Å²) in [5.74, 6) is 0. The van der Waals surface area contributed by atoms with Crippen molar-refractivity contribution in [1.82, 2.24) is 0 Å². The lowest BCUT2D eigenvalue weighted by Crippen LogP contribution is -2.31. The van der Waals surface area contributed by atoms with E-state index in [1.54, 1.807) is 0 Å². The van der Waals surface area contributed by atoms with Crippen molar-refractivity contribution in [1.29, 1.82) is 0 Å². The van der Waals surface area contributed by atoms with E-state index in [9.17, 15) is 0 Å². The fourth-order valence-corrected chi connectivity index (χ4v) is 18.1. The van der Waals surface area contributed by atoms with Crippen LogP contribution in [0.4, 0.5) is 0 Å². The minimum Gasteiger partial charge on any atom is -0.201 e. The Hall–Kier alpha value is -13.4. The average Bonchev–Trinajstić information content (AvgIpc) is 0.775. The van der Waals surface area contributed by atoms with Crippen molar-refractivity contribution in [2.75, 3.05) is 0 Å². The molecule has 0 unspecified atom stereocenters. The summed E-state index contributed by atoms with van der Waals surface area (Å²) in [6.07, 6.45) is 11.9. The summed E-state index contributed by atoms with van der Waals surface area (Å²) < 4.78 is 11.1. The first-order valence-corrected chi connectivity index (χ1v) is 41.8. The number of hydrogen-bond donors (Lipinski definition) is 0. The molecule has 0 aliphatic rings. The number of nitrogens with zero attached hydrogens (tertiary/aromatic N) is 5. The zero-order valence-corrected chi connectivity index (χ0v) is 72.2. The van der Waals surface area contributed by atoms with E-state index in [4.69, 9.17) is 0 Å². The molecule has 0 saturated carbocycles. The van der Waals surface area contributed by atoms with Gasteiger partial charge in [-0.3, -0.25) is 0 Å². The van der Waals surface area contributed by atoms with Gasteiger partial charge in [0.2, 0.25) is 28.5 Å². The minimum atomic E-state index is 0.279. The van der Waals surface area contributed by atoms with Gasteiger partial charge < -0.3 is 0 Å². The first-order valence-electron chi connectivity index (χ1n) is 41.8. The molecule has 119 heavy (non-hydrogen) atoms. The second kappa shape index (κ2) is 33.3. The van der Waals surface area contributed by atoms with Gasteiger partial charge in [0.1, 0.15) is 35.2 Å². The lowest BCUT2D eigenvalue weighted by atomic mass is 9.87. The summed E-state index contributed by atoms with van der Waals surface area (Å²) in [5.41, 5.74) is 26.5. The van der Waals surface area contributed by atoms with E-state index in [-0.39, 0.29) is 5.41 Å². The van der Waals surface area contributed by atoms with E-state index in [2.05, 4.69) is 475 Å². The molecule has 0 fully saturated rings. The van der Waals surface area contributed by atoms with Crippen molar-refractivity contribution in [3.05, 3.63) is 390 Å². The highest BCUT2D eigenvalue weighted by Gasteiger charge is 2.25. The highest BCUT2D eigenvalue weighted by Crippen LogP contribution is 2.41. The van der Waals surface area contributed by atoms with Crippen molar-refractivity contribution >= 4 is 108 Å². The fourth-order valence-electron chi connectivity index (χ4n) is 18.1. The molecule has 5 nitrogen and oxygen atoms in total. The molecule has 5 aromatic heterocycles. The van der Waals surface area contributed by atoms with E-state index < -0.39 is 0 Å². The van der Waals surface area contributed by atoms with Gasteiger partial charge >= 0.3 is 0 Å². The fraction of sp³-hybridized carbons (Fsp3) is 0.167. The topological polar surface area (TPSA) is 19.4 Å². The standard InChI is InChI=1S/C26H28N.C23H22N.2C22H20N.C21H18N/c1-18-10-12-22-21-9-7-6-8-20(21)11-13-23(22)25(18)24-16-19(14-15-27(24)5)17-26(2,3)4;1-15-9-11-20-19-8-6-5-7-18(19)10-12-21(20)23(15)22-13-16(2)17(3)14-24(22)4;1-15-8-13-21(23(3)14-15)22-16(2)9-11-19-18-7-5-4-6-17(18)10-12-20(19)22;1-15-12-13-23(3)21(14-15)22-16(2)8-10-19-18-7-5-4-6-17(18)9-11-20(19)22;1-15-10-12-18-17-8-4-3-7-16(17)11-13-19(18)21(15)20-9-5-6-14-22(20)2/h6-16H,17H2,1-5H3;5-14H,1-4H3;2*4-14H,1-3H3;3-14H,1-2H3/q5*+1. The van der Waals surface area contributed by atoms with Gasteiger partial charge in [0.15, 0.2) is 31.0 Å². The molecular weight excluding hydrogens is 1440 g/mol. The molecule has 0 amide bonds. The third-order valence-corrected chi connectivity index (χ3v) is 24.3. The van der Waals surface area contributed by atoms with Gasteiger partial charge in [0.05, 0.1) is 27.8 Å². The number of hydrogen-bond acceptors (Lipinski definition) is 0. The summed E-state index contributed by atoms with van der Waals surface area (Å²) in [5, 5.41) is 26.3. The van der Waals surface area contributed by atoms with Crippen LogP contribution >= 0.6 is 0 Å². The molecule has 20 rings (SSSR count). The van der Waals surface area contributed by atoms with E-state index in [1.807, 2.05) is 0 Å². The van der Waals surface area contributed by atoms with E-state index >= 15 is 0 Å². The van der Waals surface area contributed by atoms with Crippen LogP contribution in [0, 0.1) is 67.7 Å². The quantitative estimate of drug-likeness (QED) is 0.117. The highest BCUT2D eigenvalue weighted by atomic mass is 14.9. The third-order valence-electron chi connectivity index (χ3n) is 24.3. The molecule has 0 atom stereocenters. The summed E-state index contributed by atoms with van der Waals surface area (Å²) >= 11 is 0. The Morgan fingerprint density at radius 1 is 0.202 bits per heavy atom. The molecular formula is C114H108N5+5. The third kappa shape index (κ3) is 16.0. The van der Waals surface area contributed by atoms with Crippen LogP contribution < -0.4 is 22.8 Å². The first kappa shape index (κ1) is 79.5. The predicted octanol–water partition coefficient (Wildman–Crippen LogP) is 26.8. The molecule has 584 valence electrons. The number of aryl methyl sites for hydroxylation is 14. The number of rotatable bonds is 6. The van der Waals surface area contributed by atoms with Crippen LogP contribution in [0.5, 0.6) is 0 Å². The van der Waals surface area contributed by atoms with Crippen molar-refractivity contribution in [3.63, 3.8) is 0 Å². The lowest BCUT2D eigenvalue weighted by Gasteiger charge is -2.18. The number of aromatic nitrogens is 5. The van der Waals surface area contributed by atoms with Crippen LogP contribution in [0.15, 0.2) is 334 Å². The van der Waals surface area contributed by atoms with Gasteiger partial charge in [0.25, 0.3) is 0 Å². The number of benzene rings is 15. The van der Waals surface area contributed by atoms with Gasteiger partial charge in [-0.25, -0.2) is 22.8 Å². The zero-order valence-electron chi connectivity index (χ0n) is 72.2. The summed E-state index contributed by atoms with van der Waals surface area (Å²) in [6.45, 7) is 26.6. The van der Waals surface area contributed by atoms with Crippen molar-refractivity contribution in [2.45, 2.75) is 89.5 Å². The molecule has 15 aromatic carbocycles. The number of pyridine rings is 5. The summed E-state index contributed by atoms with van der Waals surface area (Å²) in [6, 6.07) is 110. The van der Waals surface area contributed by atoms with Crippen LogP contribution in [0.25, 0.3) is 164 Å². The van der Waals surface area contributed by atoms with Gasteiger partial charge in [-0.15, -0.1) is 0 Å². The molecule has 0 N–H and O–H groups in total. The number of fused-ring (bicyclic) bond motifs is 15. The maximum atomic E-state index is 2.38. The predicted molar refractivity (Wildman–Crippen MR) is 506 cm³/mol. The Labute approximate surface area is 702 Å². The van der Waals surface area contributed by atoms with Gasteiger partial charge in [-0.1, -0.05) is 263 Å². The van der Waals surface area contributed by atoms with Crippen LogP contribution in [0.2, 0.25) is 0 Å². The smallest absolute Gasteiger partial charge is 0.201 e. The Bertz CT molecular complexity index is 7360. The maximum Gasteiger partial charge on any atom is 0.213 e. The Balaban J connectivity index is 0.000000111. The normalized spacial score (nSPS) is 11.4. The van der Waals surface area contributed by atoms with Crippen LogP contribution in [0.3, 0.4) is 0 Å². The molecule has 0 aliphatic carbocycles. The van der Waals surface area contributed by atoms with E-state index in [0.29, 0.717) is 0 Å². The molecule has 0 bridgehead atoms. The Morgan fingerprint density at radius 2 is 0.504 bits per heavy atom. The molecule has 0 spiro atoms. The largest absolute Gasteiger partial charge is 0.213 e. The van der Waals surface area contributed by atoms with Crippen LogP contribution in [-0.4, -0.2) is 0 Å². The molecule has 0 aliphatic heterocycles. The van der Waals surface area contributed by atoms with Crippen molar-refractivity contribution in [3.8, 4) is 56.3 Å². The van der Waals surface area contributed by atoms with Crippen molar-refractivity contribution in [2.24, 2.45) is 40.7 Å². The summed E-state index contributed by atoms with van der Waals surface area (Å²) in [4.78, 5) is 0. The minimum absolute atomic E-state index is 0.279. The average molecular weight is 1550 g/mol. The molecule has 0 saturated heterocycles. The molecule has 20 aromatic rings. The highest BCUT2D eigenvalue weighted by molar-refractivity contribution is 6.17.